The summed E-state index contributed by atoms with van der Waals surface area (Å²) in [5.74, 6) is 1.33. The van der Waals surface area contributed by atoms with Crippen LogP contribution < -0.4 is 0 Å². The first-order chi connectivity index (χ1) is 4.54. The minimum Gasteiger partial charge on any atom is -0.241 e. The van der Waals surface area contributed by atoms with Crippen molar-refractivity contribution >= 4 is 10.0 Å². The van der Waals surface area contributed by atoms with E-state index in [9.17, 15) is 0 Å². The summed E-state index contributed by atoms with van der Waals surface area (Å²) in [6.07, 6.45) is 9.28. The van der Waals surface area contributed by atoms with E-state index in [1.165, 1.54) is 5.75 Å². The Kier molecular flexibility index (Phi) is 4.11. The zero-order valence-corrected chi connectivity index (χ0v) is 8.66. The van der Waals surface area contributed by atoms with Crippen LogP contribution in [0.2, 0.25) is 0 Å². The topological polar surface area (TPSA) is 0 Å². The molecular weight excluding hydrogens is 140 g/mol. The van der Waals surface area contributed by atoms with E-state index >= 15 is 0 Å². The van der Waals surface area contributed by atoms with Gasteiger partial charge in [0, 0.05) is 5.25 Å². The Morgan fingerprint density at radius 1 is 1.40 bits per heavy atom. The number of allylic oxidation sites excluding steroid dienone is 1. The molecule has 0 N–H and O–H groups in total. The third-order valence-electron chi connectivity index (χ3n) is 2.21. The van der Waals surface area contributed by atoms with Crippen LogP contribution in [-0.2, 0) is 0 Å². The van der Waals surface area contributed by atoms with E-state index in [1.54, 1.807) is 0 Å². The van der Waals surface area contributed by atoms with Gasteiger partial charge in [0.05, 0.1) is 0 Å². The average molecular weight is 160 g/mol. The maximum atomic E-state index is 2.40. The van der Waals surface area contributed by atoms with Gasteiger partial charge in [-0.25, -0.2) is 10.0 Å². The first-order valence-corrected chi connectivity index (χ1v) is 6.55. The monoisotopic (exact) mass is 160 g/mol. The smallest absolute Gasteiger partial charge is 0.00353 e. The second kappa shape index (κ2) is 4.07. The van der Waals surface area contributed by atoms with Crippen LogP contribution in [0.1, 0.15) is 20.8 Å². The van der Waals surface area contributed by atoms with Crippen LogP contribution in [0.5, 0.6) is 0 Å². The lowest BCUT2D eigenvalue weighted by Crippen LogP contribution is -2.11. The molecule has 0 saturated heterocycles. The fourth-order valence-corrected chi connectivity index (χ4v) is 1.85. The summed E-state index contributed by atoms with van der Waals surface area (Å²) < 4.78 is 0. The van der Waals surface area contributed by atoms with Gasteiger partial charge < -0.3 is 0 Å². The van der Waals surface area contributed by atoms with Crippen molar-refractivity contribution in [2.24, 2.45) is 0 Å². The fourth-order valence-electron chi connectivity index (χ4n) is 0.747. The van der Waals surface area contributed by atoms with Crippen molar-refractivity contribution in [2.45, 2.75) is 26.0 Å². The summed E-state index contributed by atoms with van der Waals surface area (Å²) in [5.41, 5.74) is 0. The minimum absolute atomic E-state index is 0.347. The van der Waals surface area contributed by atoms with Crippen LogP contribution in [0.4, 0.5) is 0 Å². The maximum Gasteiger partial charge on any atom is 0.00353 e. The van der Waals surface area contributed by atoms with Gasteiger partial charge in [-0.05, 0) is 25.2 Å². The largest absolute Gasteiger partial charge is 0.241 e. The van der Waals surface area contributed by atoms with Crippen molar-refractivity contribution in [3.05, 3.63) is 12.2 Å². The quantitative estimate of drug-likeness (QED) is 0.557. The molecule has 0 aromatic carbocycles. The van der Waals surface area contributed by atoms with Crippen LogP contribution in [0.15, 0.2) is 12.2 Å². The highest BCUT2D eigenvalue weighted by Crippen LogP contribution is 2.44. The lowest BCUT2D eigenvalue weighted by Gasteiger charge is -2.34. The highest BCUT2D eigenvalue weighted by atomic mass is 32.3. The van der Waals surface area contributed by atoms with Crippen LogP contribution in [0.25, 0.3) is 0 Å². The third kappa shape index (κ3) is 2.78. The molecule has 0 aromatic heterocycles. The van der Waals surface area contributed by atoms with Crippen LogP contribution in [0, 0.1) is 0 Å². The van der Waals surface area contributed by atoms with Crippen LogP contribution in [0.3, 0.4) is 0 Å². The van der Waals surface area contributed by atoms with Gasteiger partial charge in [-0.3, -0.25) is 0 Å². The van der Waals surface area contributed by atoms with Crippen molar-refractivity contribution in [3.63, 3.8) is 0 Å². The van der Waals surface area contributed by atoms with Gasteiger partial charge in [-0.15, -0.1) is 0 Å². The number of hydrogen-bond acceptors (Lipinski definition) is 0. The van der Waals surface area contributed by atoms with Crippen molar-refractivity contribution in [1.82, 2.24) is 0 Å². The molecule has 0 aromatic rings. The number of hydrogen-bond donors (Lipinski definition) is 0. The van der Waals surface area contributed by atoms with Gasteiger partial charge in [0.2, 0.25) is 0 Å². The summed E-state index contributed by atoms with van der Waals surface area (Å²) in [5, 5.41) is 0.780. The molecule has 0 bridgehead atoms. The molecule has 10 heavy (non-hydrogen) atoms. The molecule has 0 aliphatic heterocycles. The Morgan fingerprint density at radius 3 is 2.20 bits per heavy atom. The van der Waals surface area contributed by atoms with Gasteiger partial charge in [0.1, 0.15) is 0 Å². The molecule has 0 aliphatic rings. The van der Waals surface area contributed by atoms with E-state index in [1.807, 2.05) is 0 Å². The molecule has 0 saturated carbocycles. The van der Waals surface area contributed by atoms with Gasteiger partial charge in [-0.2, -0.15) is 0 Å². The first-order valence-electron chi connectivity index (χ1n) is 3.87. The molecule has 1 unspecified atom stereocenters. The molecule has 62 valence electrons. The number of rotatable bonds is 3. The van der Waals surface area contributed by atoms with Crippen molar-refractivity contribution in [1.29, 1.82) is 0 Å². The standard InChI is InChI=1S/C9H20S/c1-6-8-9(3)10(4,5)7-2/h6,8-9H,7H2,1-5H3. The molecule has 0 aliphatic carbocycles. The molecule has 0 radical (unpaired) electrons. The van der Waals surface area contributed by atoms with Crippen molar-refractivity contribution in [2.75, 3.05) is 18.3 Å². The van der Waals surface area contributed by atoms with E-state index in [0.717, 1.165) is 5.25 Å². The zero-order valence-electron chi connectivity index (χ0n) is 7.85. The molecule has 0 fully saturated rings. The molecule has 0 nitrogen and oxygen atoms in total. The van der Waals surface area contributed by atoms with Crippen molar-refractivity contribution < 1.29 is 0 Å². The van der Waals surface area contributed by atoms with Gasteiger partial charge in [0.25, 0.3) is 0 Å². The lowest BCUT2D eigenvalue weighted by molar-refractivity contribution is 1.20. The average Bonchev–Trinajstić information content (AvgIpc) is 1.89. The second-order valence-corrected chi connectivity index (χ2v) is 7.71. The highest BCUT2D eigenvalue weighted by molar-refractivity contribution is 8.33. The Hall–Kier alpha value is 0.0900. The summed E-state index contributed by atoms with van der Waals surface area (Å²) in [6, 6.07) is 0. The van der Waals surface area contributed by atoms with Gasteiger partial charge >= 0.3 is 0 Å². The third-order valence-corrected chi connectivity index (χ3v) is 5.87. The summed E-state index contributed by atoms with van der Waals surface area (Å²) >= 11 is 0. The fraction of sp³-hybridized carbons (Fsp3) is 0.778. The van der Waals surface area contributed by atoms with E-state index in [0.29, 0.717) is 0 Å². The Morgan fingerprint density at radius 2 is 1.90 bits per heavy atom. The lowest BCUT2D eigenvalue weighted by atomic mass is 10.4. The van der Waals surface area contributed by atoms with Crippen LogP contribution in [-0.4, -0.2) is 23.5 Å². The van der Waals surface area contributed by atoms with Crippen LogP contribution >= 0.6 is 10.0 Å². The predicted octanol–water partition coefficient (Wildman–Crippen LogP) is 3.04. The van der Waals surface area contributed by atoms with E-state index in [2.05, 4.69) is 45.4 Å². The molecular formula is C9H20S. The normalized spacial score (nSPS) is 17.7. The van der Waals surface area contributed by atoms with E-state index < -0.39 is 0 Å². The van der Waals surface area contributed by atoms with Gasteiger partial charge in [0.15, 0.2) is 0 Å². The Labute approximate surface area is 67.0 Å². The molecule has 0 rings (SSSR count). The molecule has 1 heteroatoms. The Bertz CT molecular complexity index is 114. The molecule has 0 heterocycles. The molecule has 0 amide bonds. The highest BCUT2D eigenvalue weighted by Gasteiger charge is 2.14. The minimum atomic E-state index is -0.347. The SMILES string of the molecule is CC=CC(C)S(C)(C)CC. The Balaban J connectivity index is 4.03. The summed E-state index contributed by atoms with van der Waals surface area (Å²) in [4.78, 5) is 0. The molecule has 0 spiro atoms. The van der Waals surface area contributed by atoms with E-state index in [4.69, 9.17) is 0 Å². The van der Waals surface area contributed by atoms with Gasteiger partial charge in [-0.1, -0.05) is 26.0 Å². The second-order valence-electron chi connectivity index (χ2n) is 3.14. The zero-order chi connectivity index (χ0) is 8.20. The summed E-state index contributed by atoms with van der Waals surface area (Å²) in [7, 11) is -0.347. The van der Waals surface area contributed by atoms with Crippen molar-refractivity contribution in [3.8, 4) is 0 Å². The molecule has 1 atom stereocenters. The summed E-state index contributed by atoms with van der Waals surface area (Å²) in [6.45, 7) is 6.70. The first kappa shape index (κ1) is 10.1. The predicted molar refractivity (Wildman–Crippen MR) is 54.3 cm³/mol. The maximum absolute atomic E-state index is 2.40. The van der Waals surface area contributed by atoms with E-state index in [-0.39, 0.29) is 10.0 Å².